The van der Waals surface area contributed by atoms with Crippen LogP contribution in [0.2, 0.25) is 5.02 Å². The highest BCUT2D eigenvalue weighted by Gasteiger charge is 2.19. The van der Waals surface area contributed by atoms with Crippen LogP contribution >= 0.6 is 11.6 Å². The Morgan fingerprint density at radius 1 is 1.22 bits per heavy atom. The predicted octanol–water partition coefficient (Wildman–Crippen LogP) is 3.89. The van der Waals surface area contributed by atoms with Crippen LogP contribution in [0.1, 0.15) is 32.6 Å². The van der Waals surface area contributed by atoms with Gasteiger partial charge in [0.2, 0.25) is 0 Å². The molecule has 1 N–H and O–H groups in total. The summed E-state index contributed by atoms with van der Waals surface area (Å²) in [5, 5.41) is 4.35. The SMILES string of the molecule is CC1CCCCC1NCCOc1ccc(Cl)cc1. The van der Waals surface area contributed by atoms with Crippen molar-refractivity contribution in [1.82, 2.24) is 5.32 Å². The highest BCUT2D eigenvalue weighted by atomic mass is 35.5. The average molecular weight is 268 g/mol. The quantitative estimate of drug-likeness (QED) is 0.818. The van der Waals surface area contributed by atoms with E-state index < -0.39 is 0 Å². The lowest BCUT2D eigenvalue weighted by Crippen LogP contribution is -2.39. The minimum Gasteiger partial charge on any atom is -0.492 e. The molecule has 1 aromatic carbocycles. The minimum absolute atomic E-state index is 0.674. The van der Waals surface area contributed by atoms with Gasteiger partial charge in [0.05, 0.1) is 0 Å². The van der Waals surface area contributed by atoms with Gasteiger partial charge in [-0.05, 0) is 43.0 Å². The Morgan fingerprint density at radius 3 is 2.67 bits per heavy atom. The molecule has 2 atom stereocenters. The summed E-state index contributed by atoms with van der Waals surface area (Å²) in [4.78, 5) is 0. The molecule has 0 radical (unpaired) electrons. The number of nitrogens with one attached hydrogen (secondary N) is 1. The van der Waals surface area contributed by atoms with Gasteiger partial charge in [-0.25, -0.2) is 0 Å². The van der Waals surface area contributed by atoms with Gasteiger partial charge in [0, 0.05) is 17.6 Å². The summed E-state index contributed by atoms with van der Waals surface area (Å²) < 4.78 is 5.67. The van der Waals surface area contributed by atoms with E-state index in [9.17, 15) is 0 Å². The Bertz CT molecular complexity index is 352. The van der Waals surface area contributed by atoms with Crippen molar-refractivity contribution in [3.63, 3.8) is 0 Å². The molecule has 0 spiro atoms. The molecule has 3 heteroatoms. The van der Waals surface area contributed by atoms with Gasteiger partial charge in [-0.1, -0.05) is 31.4 Å². The largest absolute Gasteiger partial charge is 0.492 e. The Kier molecular flexibility index (Phi) is 5.33. The van der Waals surface area contributed by atoms with Crippen LogP contribution in [0.15, 0.2) is 24.3 Å². The summed E-state index contributed by atoms with van der Waals surface area (Å²) >= 11 is 5.82. The van der Waals surface area contributed by atoms with Gasteiger partial charge in [-0.2, -0.15) is 0 Å². The number of hydrogen-bond donors (Lipinski definition) is 1. The van der Waals surface area contributed by atoms with Crippen molar-refractivity contribution in [2.24, 2.45) is 5.92 Å². The van der Waals surface area contributed by atoms with E-state index in [0.717, 1.165) is 23.2 Å². The van der Waals surface area contributed by atoms with Crippen LogP contribution in [-0.4, -0.2) is 19.2 Å². The first-order valence-electron chi connectivity index (χ1n) is 6.87. The molecule has 1 fully saturated rings. The first-order chi connectivity index (χ1) is 8.75. The van der Waals surface area contributed by atoms with E-state index >= 15 is 0 Å². The minimum atomic E-state index is 0.674. The van der Waals surface area contributed by atoms with Crippen LogP contribution in [0.25, 0.3) is 0 Å². The molecule has 1 aromatic rings. The molecule has 0 saturated heterocycles. The fourth-order valence-electron chi connectivity index (χ4n) is 2.56. The molecule has 2 nitrogen and oxygen atoms in total. The van der Waals surface area contributed by atoms with Crippen molar-refractivity contribution in [3.05, 3.63) is 29.3 Å². The molecule has 0 bridgehead atoms. The monoisotopic (exact) mass is 267 g/mol. The van der Waals surface area contributed by atoms with Crippen LogP contribution in [0.5, 0.6) is 5.75 Å². The Hall–Kier alpha value is -0.730. The number of hydrogen-bond acceptors (Lipinski definition) is 2. The maximum Gasteiger partial charge on any atom is 0.119 e. The molecule has 0 amide bonds. The number of ether oxygens (including phenoxy) is 1. The van der Waals surface area contributed by atoms with Crippen LogP contribution < -0.4 is 10.1 Å². The fourth-order valence-corrected chi connectivity index (χ4v) is 2.69. The van der Waals surface area contributed by atoms with Crippen LogP contribution in [0.4, 0.5) is 0 Å². The third-order valence-electron chi connectivity index (χ3n) is 3.70. The Balaban J connectivity index is 1.65. The summed E-state index contributed by atoms with van der Waals surface area (Å²) in [6.07, 6.45) is 5.42. The number of halogens is 1. The molecular formula is C15H22ClNO. The van der Waals surface area contributed by atoms with E-state index in [1.807, 2.05) is 24.3 Å². The smallest absolute Gasteiger partial charge is 0.119 e. The first kappa shape index (κ1) is 13.7. The Morgan fingerprint density at radius 2 is 1.94 bits per heavy atom. The standard InChI is InChI=1S/C15H22ClNO/c1-12-4-2-3-5-15(12)17-10-11-18-14-8-6-13(16)7-9-14/h6-9,12,15,17H,2-5,10-11H2,1H3. The van der Waals surface area contributed by atoms with Crippen LogP contribution in [0, 0.1) is 5.92 Å². The lowest BCUT2D eigenvalue weighted by molar-refractivity contribution is 0.251. The van der Waals surface area contributed by atoms with Crippen molar-refractivity contribution >= 4 is 11.6 Å². The molecule has 1 aliphatic rings. The molecule has 2 rings (SSSR count). The van der Waals surface area contributed by atoms with Gasteiger partial charge in [0.15, 0.2) is 0 Å². The lowest BCUT2D eigenvalue weighted by atomic mass is 9.86. The first-order valence-corrected chi connectivity index (χ1v) is 7.25. The summed E-state index contributed by atoms with van der Waals surface area (Å²) in [5.74, 6) is 1.69. The molecule has 18 heavy (non-hydrogen) atoms. The second-order valence-electron chi connectivity index (χ2n) is 5.12. The third-order valence-corrected chi connectivity index (χ3v) is 3.95. The fraction of sp³-hybridized carbons (Fsp3) is 0.600. The van der Waals surface area contributed by atoms with E-state index in [-0.39, 0.29) is 0 Å². The number of rotatable bonds is 5. The molecule has 0 aromatic heterocycles. The summed E-state index contributed by atoms with van der Waals surface area (Å²) in [6, 6.07) is 8.20. The van der Waals surface area contributed by atoms with Crippen LogP contribution in [-0.2, 0) is 0 Å². The third kappa shape index (κ3) is 4.18. The highest BCUT2D eigenvalue weighted by Crippen LogP contribution is 2.23. The van der Waals surface area contributed by atoms with Gasteiger partial charge < -0.3 is 10.1 Å². The van der Waals surface area contributed by atoms with Crippen molar-refractivity contribution in [2.45, 2.75) is 38.6 Å². The number of benzene rings is 1. The maximum absolute atomic E-state index is 5.82. The van der Waals surface area contributed by atoms with E-state index in [2.05, 4.69) is 12.2 Å². The highest BCUT2D eigenvalue weighted by molar-refractivity contribution is 6.30. The van der Waals surface area contributed by atoms with Crippen molar-refractivity contribution in [1.29, 1.82) is 0 Å². The second kappa shape index (κ2) is 7.01. The van der Waals surface area contributed by atoms with E-state index in [4.69, 9.17) is 16.3 Å². The van der Waals surface area contributed by atoms with Gasteiger partial charge in [0.25, 0.3) is 0 Å². The second-order valence-corrected chi connectivity index (χ2v) is 5.56. The predicted molar refractivity (Wildman–Crippen MR) is 76.4 cm³/mol. The molecule has 0 heterocycles. The maximum atomic E-state index is 5.82. The van der Waals surface area contributed by atoms with E-state index in [1.54, 1.807) is 0 Å². The van der Waals surface area contributed by atoms with E-state index in [0.29, 0.717) is 12.6 Å². The lowest BCUT2D eigenvalue weighted by Gasteiger charge is -2.29. The molecule has 100 valence electrons. The topological polar surface area (TPSA) is 21.3 Å². The van der Waals surface area contributed by atoms with Crippen molar-refractivity contribution < 1.29 is 4.74 Å². The van der Waals surface area contributed by atoms with Gasteiger partial charge in [-0.15, -0.1) is 0 Å². The normalized spacial score (nSPS) is 23.9. The molecule has 1 saturated carbocycles. The van der Waals surface area contributed by atoms with Crippen molar-refractivity contribution in [2.75, 3.05) is 13.2 Å². The van der Waals surface area contributed by atoms with Gasteiger partial charge in [-0.3, -0.25) is 0 Å². The molecule has 2 unspecified atom stereocenters. The van der Waals surface area contributed by atoms with E-state index in [1.165, 1.54) is 25.7 Å². The van der Waals surface area contributed by atoms with Gasteiger partial charge in [0.1, 0.15) is 12.4 Å². The molecular weight excluding hydrogens is 246 g/mol. The Labute approximate surface area is 115 Å². The molecule has 0 aliphatic heterocycles. The van der Waals surface area contributed by atoms with Crippen molar-refractivity contribution in [3.8, 4) is 5.75 Å². The summed E-state index contributed by atoms with van der Waals surface area (Å²) in [6.45, 7) is 3.97. The van der Waals surface area contributed by atoms with Crippen LogP contribution in [0.3, 0.4) is 0 Å². The van der Waals surface area contributed by atoms with Gasteiger partial charge >= 0.3 is 0 Å². The zero-order chi connectivity index (χ0) is 12.8. The zero-order valence-electron chi connectivity index (χ0n) is 11.0. The summed E-state index contributed by atoms with van der Waals surface area (Å²) in [7, 11) is 0. The average Bonchev–Trinajstić information content (AvgIpc) is 2.39. The zero-order valence-corrected chi connectivity index (χ0v) is 11.7. The molecule has 1 aliphatic carbocycles. The summed E-state index contributed by atoms with van der Waals surface area (Å²) in [5.41, 5.74) is 0.